The average Bonchev–Trinajstić information content (AvgIpc) is 2.23. The minimum absolute atomic E-state index is 0.0461. The number of halogens is 3. The maximum Gasteiger partial charge on any atom is 0.389 e. The fourth-order valence-electron chi connectivity index (χ4n) is 1.29. The Balaban J connectivity index is 2.39. The number of anilines is 1. The summed E-state index contributed by atoms with van der Waals surface area (Å²) >= 11 is 0. The number of nitrogens with one attached hydrogen (secondary N) is 1. The SMILES string of the molecule is CC(C)c1cc(NCCCC(F)(F)F)ncn1. The summed E-state index contributed by atoms with van der Waals surface area (Å²) < 4.78 is 35.7. The first-order valence-corrected chi connectivity index (χ1v) is 5.51. The Labute approximate surface area is 98.5 Å². The third-order valence-corrected chi connectivity index (χ3v) is 2.22. The molecule has 96 valence electrons. The van der Waals surface area contributed by atoms with Gasteiger partial charge in [0.1, 0.15) is 12.1 Å². The van der Waals surface area contributed by atoms with Crippen LogP contribution in [0.1, 0.15) is 38.3 Å². The second-order valence-corrected chi connectivity index (χ2v) is 4.13. The summed E-state index contributed by atoms with van der Waals surface area (Å²) in [6.07, 6.45) is -3.40. The van der Waals surface area contributed by atoms with E-state index < -0.39 is 12.6 Å². The van der Waals surface area contributed by atoms with Crippen molar-refractivity contribution in [2.45, 2.75) is 38.8 Å². The zero-order valence-corrected chi connectivity index (χ0v) is 9.88. The molecule has 1 heterocycles. The predicted molar refractivity (Wildman–Crippen MR) is 59.9 cm³/mol. The second kappa shape index (κ2) is 5.84. The number of aromatic nitrogens is 2. The van der Waals surface area contributed by atoms with Crippen LogP contribution in [-0.2, 0) is 0 Å². The lowest BCUT2D eigenvalue weighted by atomic mass is 10.1. The van der Waals surface area contributed by atoms with E-state index in [-0.39, 0.29) is 18.9 Å². The molecule has 0 atom stereocenters. The molecular formula is C11H16F3N3. The Morgan fingerprint density at radius 1 is 1.29 bits per heavy atom. The molecule has 1 N–H and O–H groups in total. The Morgan fingerprint density at radius 2 is 2.00 bits per heavy atom. The fraction of sp³-hybridized carbons (Fsp3) is 0.636. The van der Waals surface area contributed by atoms with Crippen molar-refractivity contribution in [2.75, 3.05) is 11.9 Å². The van der Waals surface area contributed by atoms with Gasteiger partial charge in [-0.05, 0) is 12.3 Å². The first-order valence-electron chi connectivity index (χ1n) is 5.51. The van der Waals surface area contributed by atoms with Crippen LogP contribution in [-0.4, -0.2) is 22.7 Å². The average molecular weight is 247 g/mol. The van der Waals surface area contributed by atoms with Crippen molar-refractivity contribution in [3.8, 4) is 0 Å². The van der Waals surface area contributed by atoms with Gasteiger partial charge < -0.3 is 5.32 Å². The highest BCUT2D eigenvalue weighted by molar-refractivity contribution is 5.35. The molecule has 0 bridgehead atoms. The molecule has 0 fully saturated rings. The molecule has 1 aromatic heterocycles. The van der Waals surface area contributed by atoms with Crippen LogP contribution in [0.15, 0.2) is 12.4 Å². The molecule has 0 aromatic carbocycles. The van der Waals surface area contributed by atoms with Crippen molar-refractivity contribution in [3.63, 3.8) is 0 Å². The number of hydrogen-bond acceptors (Lipinski definition) is 3. The normalized spacial score (nSPS) is 11.9. The van der Waals surface area contributed by atoms with Gasteiger partial charge in [0, 0.05) is 24.7 Å². The second-order valence-electron chi connectivity index (χ2n) is 4.13. The minimum Gasteiger partial charge on any atom is -0.370 e. The number of nitrogens with zero attached hydrogens (tertiary/aromatic N) is 2. The number of alkyl halides is 3. The summed E-state index contributed by atoms with van der Waals surface area (Å²) in [7, 11) is 0. The van der Waals surface area contributed by atoms with Crippen molar-refractivity contribution in [2.24, 2.45) is 0 Å². The van der Waals surface area contributed by atoms with Crippen molar-refractivity contribution < 1.29 is 13.2 Å². The molecule has 0 aliphatic carbocycles. The molecule has 1 rings (SSSR count). The molecule has 1 aromatic rings. The Morgan fingerprint density at radius 3 is 2.59 bits per heavy atom. The molecule has 0 radical (unpaired) electrons. The zero-order valence-electron chi connectivity index (χ0n) is 9.88. The minimum atomic E-state index is -4.09. The predicted octanol–water partition coefficient (Wildman–Crippen LogP) is 3.35. The number of rotatable bonds is 5. The van der Waals surface area contributed by atoms with Gasteiger partial charge in [0.25, 0.3) is 0 Å². The lowest BCUT2D eigenvalue weighted by Crippen LogP contribution is -2.11. The van der Waals surface area contributed by atoms with Gasteiger partial charge in [-0.1, -0.05) is 13.8 Å². The molecule has 3 nitrogen and oxygen atoms in total. The van der Waals surface area contributed by atoms with E-state index in [2.05, 4.69) is 15.3 Å². The lowest BCUT2D eigenvalue weighted by Gasteiger charge is -2.09. The molecule has 0 saturated carbocycles. The molecular weight excluding hydrogens is 231 g/mol. The summed E-state index contributed by atoms with van der Waals surface area (Å²) in [6, 6.07) is 1.76. The van der Waals surface area contributed by atoms with Gasteiger partial charge in [0.15, 0.2) is 0 Å². The largest absolute Gasteiger partial charge is 0.389 e. The van der Waals surface area contributed by atoms with Crippen LogP contribution in [0.25, 0.3) is 0 Å². The first kappa shape index (κ1) is 13.7. The van der Waals surface area contributed by atoms with Crippen LogP contribution in [0.4, 0.5) is 19.0 Å². The van der Waals surface area contributed by atoms with Gasteiger partial charge >= 0.3 is 6.18 Å². The number of hydrogen-bond donors (Lipinski definition) is 1. The van der Waals surface area contributed by atoms with E-state index in [1.807, 2.05) is 13.8 Å². The van der Waals surface area contributed by atoms with E-state index >= 15 is 0 Å². The van der Waals surface area contributed by atoms with E-state index in [1.54, 1.807) is 6.07 Å². The first-order chi connectivity index (χ1) is 7.88. The summed E-state index contributed by atoms with van der Waals surface area (Å²) in [5.74, 6) is 0.847. The smallest absolute Gasteiger partial charge is 0.370 e. The van der Waals surface area contributed by atoms with Gasteiger partial charge in [0.2, 0.25) is 0 Å². The van der Waals surface area contributed by atoms with E-state index in [4.69, 9.17) is 0 Å². The van der Waals surface area contributed by atoms with E-state index in [0.717, 1.165) is 5.69 Å². The van der Waals surface area contributed by atoms with Crippen LogP contribution in [0, 0.1) is 0 Å². The molecule has 0 spiro atoms. The molecule has 0 aliphatic heterocycles. The van der Waals surface area contributed by atoms with Crippen LogP contribution in [0.3, 0.4) is 0 Å². The molecule has 6 heteroatoms. The van der Waals surface area contributed by atoms with Gasteiger partial charge in [-0.25, -0.2) is 9.97 Å². The highest BCUT2D eigenvalue weighted by Crippen LogP contribution is 2.21. The van der Waals surface area contributed by atoms with Crippen molar-refractivity contribution in [1.82, 2.24) is 9.97 Å². The molecule has 0 saturated heterocycles. The summed E-state index contributed by atoms with van der Waals surface area (Å²) in [4.78, 5) is 8.03. The van der Waals surface area contributed by atoms with Crippen LogP contribution < -0.4 is 5.32 Å². The molecule has 0 aliphatic rings. The van der Waals surface area contributed by atoms with Gasteiger partial charge in [0.05, 0.1) is 0 Å². The van der Waals surface area contributed by atoms with Crippen molar-refractivity contribution in [1.29, 1.82) is 0 Å². The molecule has 17 heavy (non-hydrogen) atoms. The molecule has 0 amide bonds. The van der Waals surface area contributed by atoms with Crippen molar-refractivity contribution >= 4 is 5.82 Å². The third kappa shape index (κ3) is 5.51. The Hall–Kier alpha value is -1.33. The maximum absolute atomic E-state index is 11.9. The van der Waals surface area contributed by atoms with Gasteiger partial charge in [-0.3, -0.25) is 0 Å². The standard InChI is InChI=1S/C11H16F3N3/c1-8(2)9-6-10(17-7-16-9)15-5-3-4-11(12,13)14/h6-8H,3-5H2,1-2H3,(H,15,16,17). The zero-order chi connectivity index (χ0) is 12.9. The summed E-state index contributed by atoms with van der Waals surface area (Å²) in [5.41, 5.74) is 0.873. The summed E-state index contributed by atoms with van der Waals surface area (Å²) in [5, 5.41) is 2.86. The quantitative estimate of drug-likeness (QED) is 0.811. The van der Waals surface area contributed by atoms with Crippen molar-refractivity contribution in [3.05, 3.63) is 18.1 Å². The maximum atomic E-state index is 11.9. The van der Waals surface area contributed by atoms with Gasteiger partial charge in [-0.2, -0.15) is 13.2 Å². The highest BCUT2D eigenvalue weighted by Gasteiger charge is 2.25. The van der Waals surface area contributed by atoms with E-state index in [0.29, 0.717) is 5.82 Å². The third-order valence-electron chi connectivity index (χ3n) is 2.22. The van der Waals surface area contributed by atoms with Crippen LogP contribution >= 0.6 is 0 Å². The van der Waals surface area contributed by atoms with Gasteiger partial charge in [-0.15, -0.1) is 0 Å². The molecule has 0 unspecified atom stereocenters. The van der Waals surface area contributed by atoms with E-state index in [1.165, 1.54) is 6.33 Å². The Kier molecular flexibility index (Phi) is 4.72. The fourth-order valence-corrected chi connectivity index (χ4v) is 1.29. The lowest BCUT2D eigenvalue weighted by molar-refractivity contribution is -0.134. The van der Waals surface area contributed by atoms with E-state index in [9.17, 15) is 13.2 Å². The van der Waals surface area contributed by atoms with Crippen LogP contribution in [0.5, 0.6) is 0 Å². The topological polar surface area (TPSA) is 37.8 Å². The highest BCUT2D eigenvalue weighted by atomic mass is 19.4. The Bertz CT molecular complexity index is 350. The van der Waals surface area contributed by atoms with Crippen LogP contribution in [0.2, 0.25) is 0 Å². The summed E-state index contributed by atoms with van der Waals surface area (Å²) in [6.45, 7) is 4.25. The monoisotopic (exact) mass is 247 g/mol.